The average Bonchev–Trinajstić information content (AvgIpc) is 2.93. The Labute approximate surface area is 214 Å². The maximum Gasteiger partial charge on any atom is 0.305 e. The van der Waals surface area contributed by atoms with Gasteiger partial charge in [0.25, 0.3) is 0 Å². The lowest BCUT2D eigenvalue weighted by atomic mass is 9.86. The number of likely N-dealkylation sites (tertiary alicyclic amines) is 1. The molecule has 2 fully saturated rings. The van der Waals surface area contributed by atoms with E-state index in [2.05, 4.69) is 26.8 Å². The molecule has 0 unspecified atom stereocenters. The minimum Gasteiger partial charge on any atom is -0.508 e. The molecule has 1 N–H and O–H groups in total. The van der Waals surface area contributed by atoms with Gasteiger partial charge in [-0.1, -0.05) is 12.1 Å². The third-order valence-electron chi connectivity index (χ3n) is 7.61. The van der Waals surface area contributed by atoms with Crippen molar-refractivity contribution in [1.29, 1.82) is 0 Å². The molecule has 0 amide bonds. The summed E-state index contributed by atoms with van der Waals surface area (Å²) in [5, 5.41) is 10.4. The minimum absolute atomic E-state index is 0.155. The summed E-state index contributed by atoms with van der Waals surface area (Å²) in [6.07, 6.45) is 2.26. The number of rotatable bonds is 9. The number of esters is 1. The van der Waals surface area contributed by atoms with Gasteiger partial charge in [0.2, 0.25) is 0 Å². The molecule has 2 heterocycles. The molecule has 8 heteroatoms. The number of phenolic OH excluding ortho intramolecular Hbond substituents is 1. The molecule has 0 bridgehead atoms. The van der Waals surface area contributed by atoms with Crippen molar-refractivity contribution in [2.45, 2.75) is 31.8 Å². The molecule has 2 atom stereocenters. The predicted molar refractivity (Wildman–Crippen MR) is 140 cm³/mol. The largest absolute Gasteiger partial charge is 0.508 e. The number of piperazine rings is 1. The Morgan fingerprint density at radius 2 is 1.78 bits per heavy atom. The zero-order chi connectivity index (χ0) is 25.5. The zero-order valence-electron chi connectivity index (χ0n) is 21.7. The Morgan fingerprint density at radius 3 is 2.50 bits per heavy atom. The van der Waals surface area contributed by atoms with Crippen LogP contribution in [0.3, 0.4) is 0 Å². The average molecular weight is 498 g/mol. The van der Waals surface area contributed by atoms with E-state index in [4.69, 9.17) is 14.2 Å². The summed E-state index contributed by atoms with van der Waals surface area (Å²) in [6, 6.07) is 14.0. The zero-order valence-corrected chi connectivity index (χ0v) is 21.7. The first kappa shape index (κ1) is 26.1. The second-order valence-corrected chi connectivity index (χ2v) is 9.66. The van der Waals surface area contributed by atoms with Crippen molar-refractivity contribution in [2.75, 3.05) is 65.5 Å². The monoisotopic (exact) mass is 497 g/mol. The molecule has 0 spiro atoms. The molecule has 2 saturated heterocycles. The Hall–Kier alpha value is -2.97. The highest BCUT2D eigenvalue weighted by atomic mass is 16.5. The third kappa shape index (κ3) is 6.23. The number of carbonyl (C=O) groups is 1. The molecular weight excluding hydrogens is 458 g/mol. The van der Waals surface area contributed by atoms with Crippen LogP contribution >= 0.6 is 0 Å². The minimum atomic E-state index is -0.155. The standard InChI is InChI=1S/C28H39N3O5/c1-34-23-9-10-26(32)22(18-23)20-29-13-12-24(21(19-29)8-11-28(33)36-3)30-14-16-31(17-15-30)25-6-4-5-7-27(25)35-2/h4-7,9-10,18,21,24,32H,8,11-17,19-20H2,1-3H3/t21-,24+/m0/s1. The Kier molecular flexibility index (Phi) is 8.93. The van der Waals surface area contributed by atoms with Crippen molar-refractivity contribution in [3.63, 3.8) is 0 Å². The van der Waals surface area contributed by atoms with E-state index in [1.54, 1.807) is 26.4 Å². The normalized spacial score (nSPS) is 21.2. The summed E-state index contributed by atoms with van der Waals surface area (Å²) in [5.74, 6) is 2.14. The second kappa shape index (κ2) is 12.3. The molecule has 2 aromatic rings. The number of methoxy groups -OCH3 is 3. The van der Waals surface area contributed by atoms with Crippen molar-refractivity contribution in [2.24, 2.45) is 5.92 Å². The highest BCUT2D eigenvalue weighted by Crippen LogP contribution is 2.33. The van der Waals surface area contributed by atoms with Crippen LogP contribution in [-0.4, -0.2) is 87.5 Å². The van der Waals surface area contributed by atoms with Crippen LogP contribution in [0.4, 0.5) is 5.69 Å². The van der Waals surface area contributed by atoms with Gasteiger partial charge in [-0.3, -0.25) is 14.6 Å². The first-order chi connectivity index (χ1) is 17.5. The Bertz CT molecular complexity index is 1010. The summed E-state index contributed by atoms with van der Waals surface area (Å²) in [7, 11) is 4.81. The van der Waals surface area contributed by atoms with Crippen LogP contribution in [-0.2, 0) is 16.1 Å². The van der Waals surface area contributed by atoms with Gasteiger partial charge in [-0.05, 0) is 55.6 Å². The molecular formula is C28H39N3O5. The number of para-hydroxylation sites is 2. The van der Waals surface area contributed by atoms with E-state index in [9.17, 15) is 9.90 Å². The number of ether oxygens (including phenoxy) is 3. The lowest BCUT2D eigenvalue weighted by Crippen LogP contribution is -2.56. The highest BCUT2D eigenvalue weighted by Gasteiger charge is 2.35. The molecule has 196 valence electrons. The molecule has 0 radical (unpaired) electrons. The van der Waals surface area contributed by atoms with Crippen LogP contribution in [0, 0.1) is 5.92 Å². The lowest BCUT2D eigenvalue weighted by Gasteiger charge is -2.47. The summed E-state index contributed by atoms with van der Waals surface area (Å²) >= 11 is 0. The van der Waals surface area contributed by atoms with E-state index in [0.717, 1.165) is 74.9 Å². The van der Waals surface area contributed by atoms with Crippen LogP contribution in [0.2, 0.25) is 0 Å². The van der Waals surface area contributed by atoms with Crippen molar-refractivity contribution in [3.8, 4) is 17.2 Å². The van der Waals surface area contributed by atoms with Gasteiger partial charge in [-0.15, -0.1) is 0 Å². The molecule has 0 saturated carbocycles. The van der Waals surface area contributed by atoms with Crippen molar-refractivity contribution >= 4 is 11.7 Å². The van der Waals surface area contributed by atoms with Gasteiger partial charge in [0.1, 0.15) is 17.2 Å². The van der Waals surface area contributed by atoms with Crippen LogP contribution < -0.4 is 14.4 Å². The van der Waals surface area contributed by atoms with Gasteiger partial charge < -0.3 is 24.2 Å². The fraction of sp³-hybridized carbons (Fsp3) is 0.536. The number of aromatic hydroxyl groups is 1. The molecule has 2 aliphatic heterocycles. The first-order valence-electron chi connectivity index (χ1n) is 12.8. The van der Waals surface area contributed by atoms with Gasteiger partial charge >= 0.3 is 5.97 Å². The van der Waals surface area contributed by atoms with E-state index in [1.165, 1.54) is 7.11 Å². The number of piperidine rings is 1. The maximum atomic E-state index is 12.0. The summed E-state index contributed by atoms with van der Waals surface area (Å²) in [5.41, 5.74) is 2.01. The van der Waals surface area contributed by atoms with E-state index in [1.807, 2.05) is 18.2 Å². The van der Waals surface area contributed by atoms with Gasteiger partial charge in [0, 0.05) is 57.3 Å². The number of hydrogen-bond donors (Lipinski definition) is 1. The van der Waals surface area contributed by atoms with Crippen LogP contribution in [0.25, 0.3) is 0 Å². The number of nitrogens with zero attached hydrogens (tertiary/aromatic N) is 3. The molecule has 0 aliphatic carbocycles. The topological polar surface area (TPSA) is 74.7 Å². The third-order valence-corrected chi connectivity index (χ3v) is 7.61. The quantitative estimate of drug-likeness (QED) is 0.529. The van der Waals surface area contributed by atoms with Crippen LogP contribution in [0.1, 0.15) is 24.8 Å². The fourth-order valence-corrected chi connectivity index (χ4v) is 5.65. The lowest BCUT2D eigenvalue weighted by molar-refractivity contribution is -0.141. The summed E-state index contributed by atoms with van der Waals surface area (Å²) in [6.45, 7) is 6.34. The molecule has 0 aromatic heterocycles. The van der Waals surface area contributed by atoms with Crippen molar-refractivity contribution in [1.82, 2.24) is 9.80 Å². The van der Waals surface area contributed by atoms with Crippen molar-refractivity contribution < 1.29 is 24.1 Å². The first-order valence-corrected chi connectivity index (χ1v) is 12.8. The van der Waals surface area contributed by atoms with Gasteiger partial charge in [0.05, 0.1) is 27.0 Å². The summed E-state index contributed by atoms with van der Waals surface area (Å²) in [4.78, 5) is 19.4. The van der Waals surface area contributed by atoms with Crippen LogP contribution in [0.15, 0.2) is 42.5 Å². The SMILES string of the molecule is COC(=O)CC[C@H]1CN(Cc2cc(OC)ccc2O)CC[C@H]1N1CCN(c2ccccc2OC)CC1. The smallest absolute Gasteiger partial charge is 0.305 e. The van der Waals surface area contributed by atoms with E-state index in [-0.39, 0.29) is 11.7 Å². The molecule has 36 heavy (non-hydrogen) atoms. The van der Waals surface area contributed by atoms with E-state index < -0.39 is 0 Å². The molecule has 8 nitrogen and oxygen atoms in total. The van der Waals surface area contributed by atoms with Crippen LogP contribution in [0.5, 0.6) is 17.2 Å². The van der Waals surface area contributed by atoms with Gasteiger partial charge in [-0.2, -0.15) is 0 Å². The number of benzene rings is 2. The van der Waals surface area contributed by atoms with E-state index in [0.29, 0.717) is 24.9 Å². The summed E-state index contributed by atoms with van der Waals surface area (Å²) < 4.78 is 15.9. The maximum absolute atomic E-state index is 12.0. The number of carbonyl (C=O) groups excluding carboxylic acids is 1. The molecule has 2 aromatic carbocycles. The Balaban J connectivity index is 1.42. The van der Waals surface area contributed by atoms with Gasteiger partial charge in [-0.25, -0.2) is 0 Å². The van der Waals surface area contributed by atoms with E-state index >= 15 is 0 Å². The fourth-order valence-electron chi connectivity index (χ4n) is 5.65. The predicted octanol–water partition coefficient (Wildman–Crippen LogP) is 3.38. The Morgan fingerprint density at radius 1 is 1.00 bits per heavy atom. The number of phenols is 1. The number of hydrogen-bond acceptors (Lipinski definition) is 8. The second-order valence-electron chi connectivity index (χ2n) is 9.66. The molecule has 2 aliphatic rings. The van der Waals surface area contributed by atoms with Crippen molar-refractivity contribution in [3.05, 3.63) is 48.0 Å². The molecule has 4 rings (SSSR count). The van der Waals surface area contributed by atoms with Gasteiger partial charge in [0.15, 0.2) is 0 Å². The highest BCUT2D eigenvalue weighted by molar-refractivity contribution is 5.69. The number of anilines is 1.